The molecule has 0 fully saturated rings. The number of ketones is 1. The lowest BCUT2D eigenvalue weighted by molar-refractivity contribution is -0.127. The Bertz CT molecular complexity index is 365. The highest BCUT2D eigenvalue weighted by Crippen LogP contribution is 2.18. The van der Waals surface area contributed by atoms with Crippen LogP contribution in [0.4, 0.5) is 4.39 Å². The van der Waals surface area contributed by atoms with Crippen LogP contribution in [0.2, 0.25) is 0 Å². The first-order valence-electron chi connectivity index (χ1n) is 5.35. The lowest BCUT2D eigenvalue weighted by atomic mass is 9.85. The first-order valence-corrected chi connectivity index (χ1v) is 5.35. The molecule has 0 amide bonds. The van der Waals surface area contributed by atoms with E-state index in [0.29, 0.717) is 6.42 Å². The van der Waals surface area contributed by atoms with Gasteiger partial charge in [0.25, 0.3) is 0 Å². The van der Waals surface area contributed by atoms with Gasteiger partial charge < -0.3 is 5.73 Å². The van der Waals surface area contributed by atoms with Crippen LogP contribution in [0.5, 0.6) is 0 Å². The van der Waals surface area contributed by atoms with Gasteiger partial charge in [-0.1, -0.05) is 32.9 Å². The number of halogens is 1. The molecule has 0 aliphatic rings. The van der Waals surface area contributed by atoms with E-state index in [9.17, 15) is 9.18 Å². The van der Waals surface area contributed by atoms with Crippen LogP contribution in [0, 0.1) is 11.2 Å². The normalized spacial score (nSPS) is 13.6. The molecule has 88 valence electrons. The van der Waals surface area contributed by atoms with Crippen molar-refractivity contribution < 1.29 is 9.18 Å². The summed E-state index contributed by atoms with van der Waals surface area (Å²) in [5, 5.41) is 0. The SMILES string of the molecule is CC(C)(C)C(=O)[C@@H](N)Cc1ccc(F)cc1. The van der Waals surface area contributed by atoms with Gasteiger partial charge in [0.05, 0.1) is 6.04 Å². The topological polar surface area (TPSA) is 43.1 Å². The second-order valence-corrected chi connectivity index (χ2v) is 5.05. The van der Waals surface area contributed by atoms with Gasteiger partial charge in [-0.25, -0.2) is 4.39 Å². The first kappa shape index (κ1) is 12.8. The molecule has 16 heavy (non-hydrogen) atoms. The maximum atomic E-state index is 12.7. The third kappa shape index (κ3) is 3.42. The van der Waals surface area contributed by atoms with Crippen molar-refractivity contribution in [2.45, 2.75) is 33.2 Å². The molecular weight excluding hydrogens is 205 g/mol. The number of hydrogen-bond donors (Lipinski definition) is 1. The average molecular weight is 223 g/mol. The molecule has 3 heteroatoms. The molecule has 0 spiro atoms. The van der Waals surface area contributed by atoms with Crippen molar-refractivity contribution in [1.29, 1.82) is 0 Å². The Morgan fingerprint density at radius 3 is 2.25 bits per heavy atom. The number of rotatable bonds is 3. The van der Waals surface area contributed by atoms with Crippen molar-refractivity contribution >= 4 is 5.78 Å². The zero-order valence-corrected chi connectivity index (χ0v) is 9.96. The summed E-state index contributed by atoms with van der Waals surface area (Å²) < 4.78 is 12.7. The molecule has 1 aromatic rings. The number of hydrogen-bond acceptors (Lipinski definition) is 2. The van der Waals surface area contributed by atoms with E-state index in [1.165, 1.54) is 12.1 Å². The monoisotopic (exact) mass is 223 g/mol. The van der Waals surface area contributed by atoms with Gasteiger partial charge in [-0.05, 0) is 24.1 Å². The van der Waals surface area contributed by atoms with Gasteiger partial charge in [0, 0.05) is 5.41 Å². The van der Waals surface area contributed by atoms with Crippen LogP contribution >= 0.6 is 0 Å². The summed E-state index contributed by atoms with van der Waals surface area (Å²) in [6, 6.07) is 5.55. The van der Waals surface area contributed by atoms with E-state index in [2.05, 4.69) is 0 Å². The predicted octanol–water partition coefficient (Wildman–Crippen LogP) is 2.31. The molecule has 0 aliphatic heterocycles. The van der Waals surface area contributed by atoms with Crippen LogP contribution in [0.1, 0.15) is 26.3 Å². The fourth-order valence-corrected chi connectivity index (χ4v) is 1.52. The van der Waals surface area contributed by atoms with Gasteiger partial charge in [-0.2, -0.15) is 0 Å². The van der Waals surface area contributed by atoms with Crippen molar-refractivity contribution in [2.24, 2.45) is 11.1 Å². The van der Waals surface area contributed by atoms with Crippen LogP contribution in [0.3, 0.4) is 0 Å². The minimum Gasteiger partial charge on any atom is -0.321 e. The standard InChI is InChI=1S/C13H18FNO/c1-13(2,3)12(16)11(15)8-9-4-6-10(14)7-5-9/h4-7,11H,8,15H2,1-3H3/t11-/m0/s1. The smallest absolute Gasteiger partial charge is 0.155 e. The molecule has 0 unspecified atom stereocenters. The summed E-state index contributed by atoms with van der Waals surface area (Å²) in [7, 11) is 0. The third-order valence-electron chi connectivity index (χ3n) is 2.44. The van der Waals surface area contributed by atoms with Crippen molar-refractivity contribution in [3.63, 3.8) is 0 Å². The van der Waals surface area contributed by atoms with Crippen LogP contribution < -0.4 is 5.73 Å². The number of carbonyl (C=O) groups excluding carboxylic acids is 1. The maximum absolute atomic E-state index is 12.7. The van der Waals surface area contributed by atoms with Crippen LogP contribution in [-0.2, 0) is 11.2 Å². The van der Waals surface area contributed by atoms with Crippen molar-refractivity contribution in [1.82, 2.24) is 0 Å². The largest absolute Gasteiger partial charge is 0.321 e. The number of carbonyl (C=O) groups is 1. The van der Waals surface area contributed by atoms with E-state index in [1.807, 2.05) is 20.8 Å². The van der Waals surface area contributed by atoms with Crippen LogP contribution in [0.25, 0.3) is 0 Å². The van der Waals surface area contributed by atoms with Gasteiger partial charge in [0.1, 0.15) is 5.82 Å². The fraction of sp³-hybridized carbons (Fsp3) is 0.462. The van der Waals surface area contributed by atoms with E-state index in [4.69, 9.17) is 5.73 Å². The Kier molecular flexibility index (Phi) is 3.81. The van der Waals surface area contributed by atoms with E-state index < -0.39 is 11.5 Å². The Hall–Kier alpha value is -1.22. The average Bonchev–Trinajstić information content (AvgIpc) is 2.19. The molecule has 1 aromatic carbocycles. The van der Waals surface area contributed by atoms with Crippen LogP contribution in [0.15, 0.2) is 24.3 Å². The van der Waals surface area contributed by atoms with Gasteiger partial charge in [0.2, 0.25) is 0 Å². The highest BCUT2D eigenvalue weighted by atomic mass is 19.1. The molecule has 0 aliphatic carbocycles. The molecule has 0 aromatic heterocycles. The molecule has 2 nitrogen and oxygen atoms in total. The Morgan fingerprint density at radius 1 is 1.31 bits per heavy atom. The van der Waals surface area contributed by atoms with E-state index >= 15 is 0 Å². The Labute approximate surface area is 95.7 Å². The molecular formula is C13H18FNO. The zero-order valence-electron chi connectivity index (χ0n) is 9.96. The summed E-state index contributed by atoms with van der Waals surface area (Å²) in [6.07, 6.45) is 0.455. The molecule has 2 N–H and O–H groups in total. The zero-order chi connectivity index (χ0) is 12.3. The van der Waals surface area contributed by atoms with Gasteiger partial charge in [0.15, 0.2) is 5.78 Å². The quantitative estimate of drug-likeness (QED) is 0.854. The summed E-state index contributed by atoms with van der Waals surface area (Å²) in [4.78, 5) is 11.8. The summed E-state index contributed by atoms with van der Waals surface area (Å²) in [5.41, 5.74) is 6.28. The molecule has 0 radical (unpaired) electrons. The van der Waals surface area contributed by atoms with Crippen molar-refractivity contribution in [2.75, 3.05) is 0 Å². The minimum atomic E-state index is -0.523. The van der Waals surface area contributed by atoms with E-state index in [-0.39, 0.29) is 11.6 Å². The maximum Gasteiger partial charge on any atom is 0.155 e. The van der Waals surface area contributed by atoms with Crippen molar-refractivity contribution in [3.05, 3.63) is 35.6 Å². The fourth-order valence-electron chi connectivity index (χ4n) is 1.52. The van der Waals surface area contributed by atoms with Gasteiger partial charge in [-0.15, -0.1) is 0 Å². The Morgan fingerprint density at radius 2 is 1.81 bits per heavy atom. The molecule has 0 heterocycles. The highest BCUT2D eigenvalue weighted by molar-refractivity contribution is 5.88. The second-order valence-electron chi connectivity index (χ2n) is 5.05. The van der Waals surface area contributed by atoms with E-state index in [0.717, 1.165) is 5.56 Å². The highest BCUT2D eigenvalue weighted by Gasteiger charge is 2.26. The summed E-state index contributed by atoms with van der Waals surface area (Å²) in [5.74, 6) is -0.253. The Balaban J connectivity index is 2.68. The molecule has 1 rings (SSSR count). The lowest BCUT2D eigenvalue weighted by Crippen LogP contribution is -2.40. The molecule has 0 saturated heterocycles. The van der Waals surface area contributed by atoms with Gasteiger partial charge in [-0.3, -0.25) is 4.79 Å². The first-order chi connectivity index (χ1) is 7.30. The van der Waals surface area contributed by atoms with Gasteiger partial charge >= 0.3 is 0 Å². The number of benzene rings is 1. The number of Topliss-reactive ketones (excluding diaryl/α,β-unsaturated/α-hetero) is 1. The van der Waals surface area contributed by atoms with E-state index in [1.54, 1.807) is 12.1 Å². The molecule has 1 atom stereocenters. The molecule has 0 bridgehead atoms. The lowest BCUT2D eigenvalue weighted by Gasteiger charge is -2.21. The number of nitrogens with two attached hydrogens (primary N) is 1. The summed E-state index contributed by atoms with van der Waals surface area (Å²) in [6.45, 7) is 5.54. The second kappa shape index (κ2) is 4.74. The third-order valence-corrected chi connectivity index (χ3v) is 2.44. The van der Waals surface area contributed by atoms with Crippen molar-refractivity contribution in [3.8, 4) is 0 Å². The van der Waals surface area contributed by atoms with Crippen LogP contribution in [-0.4, -0.2) is 11.8 Å². The minimum absolute atomic E-state index is 0.0248. The summed E-state index contributed by atoms with van der Waals surface area (Å²) >= 11 is 0. The molecule has 0 saturated carbocycles. The predicted molar refractivity (Wildman–Crippen MR) is 62.5 cm³/mol.